The van der Waals surface area contributed by atoms with Crippen molar-refractivity contribution in [3.05, 3.63) is 28.7 Å². The summed E-state index contributed by atoms with van der Waals surface area (Å²) in [5, 5.41) is 8.62. The Labute approximate surface area is 118 Å². The zero-order chi connectivity index (χ0) is 15.1. The van der Waals surface area contributed by atoms with Gasteiger partial charge in [0.2, 0.25) is 0 Å². The number of unbranched alkanes of at least 4 members (excludes halogenated alkanes) is 1. The van der Waals surface area contributed by atoms with E-state index in [9.17, 15) is 9.59 Å². The number of hydrogen-bond donors (Lipinski definition) is 1. The van der Waals surface area contributed by atoms with Crippen molar-refractivity contribution in [2.45, 2.75) is 39.5 Å². The Morgan fingerprint density at radius 1 is 1.25 bits per heavy atom. The average Bonchev–Trinajstić information content (AvgIpc) is 2.68. The normalized spacial score (nSPS) is 10.9. The second-order valence-electron chi connectivity index (χ2n) is 4.59. The van der Waals surface area contributed by atoms with Gasteiger partial charge >= 0.3 is 11.9 Å². The number of esters is 1. The number of furan rings is 1. The van der Waals surface area contributed by atoms with Gasteiger partial charge in [0, 0.05) is 18.9 Å². The Balaban J connectivity index is 2.61. The predicted molar refractivity (Wildman–Crippen MR) is 74.4 cm³/mol. The van der Waals surface area contributed by atoms with Gasteiger partial charge in [0.25, 0.3) is 0 Å². The number of rotatable bonds is 7. The van der Waals surface area contributed by atoms with E-state index in [4.69, 9.17) is 9.52 Å². The highest BCUT2D eigenvalue weighted by Crippen LogP contribution is 2.24. The van der Waals surface area contributed by atoms with Crippen LogP contribution in [0.4, 0.5) is 0 Å². The van der Waals surface area contributed by atoms with Crippen LogP contribution in [-0.4, -0.2) is 24.2 Å². The van der Waals surface area contributed by atoms with Gasteiger partial charge in [-0.25, -0.2) is 4.79 Å². The number of aliphatic carboxylic acids is 1. The summed E-state index contributed by atoms with van der Waals surface area (Å²) in [7, 11) is 1.38. The second-order valence-corrected chi connectivity index (χ2v) is 4.59. The number of hydrogen-bond acceptors (Lipinski definition) is 4. The van der Waals surface area contributed by atoms with Gasteiger partial charge in [-0.3, -0.25) is 4.79 Å². The van der Waals surface area contributed by atoms with Gasteiger partial charge in [-0.2, -0.15) is 0 Å². The van der Waals surface area contributed by atoms with Crippen LogP contribution in [0.25, 0.3) is 6.08 Å². The predicted octanol–water partition coefficient (Wildman–Crippen LogP) is 2.88. The highest BCUT2D eigenvalue weighted by atomic mass is 16.5. The van der Waals surface area contributed by atoms with Crippen molar-refractivity contribution in [3.8, 4) is 0 Å². The van der Waals surface area contributed by atoms with Crippen LogP contribution >= 0.6 is 0 Å². The monoisotopic (exact) mass is 280 g/mol. The first-order valence-corrected chi connectivity index (χ1v) is 6.52. The van der Waals surface area contributed by atoms with Crippen LogP contribution in [0.15, 0.2) is 10.5 Å². The van der Waals surface area contributed by atoms with Gasteiger partial charge in [-0.1, -0.05) is 0 Å². The van der Waals surface area contributed by atoms with E-state index >= 15 is 0 Å². The van der Waals surface area contributed by atoms with E-state index in [1.807, 2.05) is 13.8 Å². The molecule has 0 spiro atoms. The first kappa shape index (κ1) is 16.0. The fraction of sp³-hybridized carbons (Fsp3) is 0.467. The van der Waals surface area contributed by atoms with Crippen LogP contribution in [0.3, 0.4) is 0 Å². The lowest BCUT2D eigenvalue weighted by molar-refractivity contribution is -0.140. The molecule has 1 N–H and O–H groups in total. The molecule has 0 aliphatic rings. The van der Waals surface area contributed by atoms with Crippen LogP contribution in [0, 0.1) is 13.8 Å². The van der Waals surface area contributed by atoms with Gasteiger partial charge in [0.05, 0.1) is 7.11 Å². The molecule has 1 rings (SSSR count). The van der Waals surface area contributed by atoms with Crippen molar-refractivity contribution in [2.75, 3.05) is 7.11 Å². The van der Waals surface area contributed by atoms with E-state index in [0.29, 0.717) is 12.2 Å². The number of carboxylic acids is 1. The fourth-order valence-electron chi connectivity index (χ4n) is 1.88. The van der Waals surface area contributed by atoms with E-state index in [2.05, 4.69) is 4.74 Å². The summed E-state index contributed by atoms with van der Waals surface area (Å²) in [6.07, 6.45) is 5.22. The number of carboxylic acid groups (broad SMARTS) is 1. The number of ether oxygens (including phenoxy) is 1. The Kier molecular flexibility index (Phi) is 6.03. The zero-order valence-corrected chi connectivity index (χ0v) is 12.1. The Morgan fingerprint density at radius 3 is 2.55 bits per heavy atom. The molecule has 1 heterocycles. The second kappa shape index (κ2) is 7.53. The molecule has 0 atom stereocenters. The molecule has 0 aromatic carbocycles. The molecule has 0 saturated carbocycles. The molecule has 0 radical (unpaired) electrons. The zero-order valence-electron chi connectivity index (χ0n) is 12.1. The van der Waals surface area contributed by atoms with Gasteiger partial charge in [-0.15, -0.1) is 0 Å². The summed E-state index contributed by atoms with van der Waals surface area (Å²) in [4.78, 5) is 21.5. The molecular weight excluding hydrogens is 260 g/mol. The lowest BCUT2D eigenvalue weighted by Crippen LogP contribution is -1.99. The Bertz CT molecular complexity index is 511. The molecule has 5 heteroatoms. The van der Waals surface area contributed by atoms with E-state index in [1.165, 1.54) is 13.2 Å². The molecule has 1 aromatic heterocycles. The number of aryl methyl sites for hydroxylation is 1. The van der Waals surface area contributed by atoms with Crippen molar-refractivity contribution in [1.82, 2.24) is 0 Å². The van der Waals surface area contributed by atoms with E-state index in [1.54, 1.807) is 0 Å². The number of methoxy groups -OCH3 is 1. The highest BCUT2D eigenvalue weighted by molar-refractivity contribution is 5.85. The maximum atomic E-state index is 11.0. The minimum Gasteiger partial charge on any atom is -0.478 e. The third-order valence-electron chi connectivity index (χ3n) is 3.22. The van der Waals surface area contributed by atoms with E-state index in [-0.39, 0.29) is 5.97 Å². The maximum Gasteiger partial charge on any atom is 0.328 e. The first-order chi connectivity index (χ1) is 9.45. The molecule has 1 aromatic rings. The molecule has 5 nitrogen and oxygen atoms in total. The lowest BCUT2D eigenvalue weighted by atomic mass is 10.1. The number of carbonyl (C=O) groups is 2. The number of carbonyl (C=O) groups excluding carboxylic acids is 1. The van der Waals surface area contributed by atoms with Crippen LogP contribution in [0.1, 0.15) is 41.9 Å². The summed E-state index contributed by atoms with van der Waals surface area (Å²) in [6, 6.07) is 0. The van der Waals surface area contributed by atoms with Crippen molar-refractivity contribution >= 4 is 18.0 Å². The summed E-state index contributed by atoms with van der Waals surface area (Å²) in [6.45, 7) is 3.85. The molecule has 110 valence electrons. The van der Waals surface area contributed by atoms with Crippen LogP contribution in [-0.2, 0) is 20.7 Å². The summed E-state index contributed by atoms with van der Waals surface area (Å²) in [5.74, 6) is 0.214. The molecule has 0 unspecified atom stereocenters. The molecule has 20 heavy (non-hydrogen) atoms. The molecule has 0 aliphatic heterocycles. The first-order valence-electron chi connectivity index (χ1n) is 6.52. The Hall–Kier alpha value is -2.04. The molecule has 0 fully saturated rings. The van der Waals surface area contributed by atoms with Crippen LogP contribution in [0.2, 0.25) is 0 Å². The van der Waals surface area contributed by atoms with Gasteiger partial charge in [0.1, 0.15) is 11.5 Å². The summed E-state index contributed by atoms with van der Waals surface area (Å²) < 4.78 is 10.2. The molecule has 0 amide bonds. The average molecular weight is 280 g/mol. The smallest absolute Gasteiger partial charge is 0.328 e. The van der Waals surface area contributed by atoms with Gasteiger partial charge < -0.3 is 14.3 Å². The van der Waals surface area contributed by atoms with Crippen molar-refractivity contribution in [3.63, 3.8) is 0 Å². The minimum atomic E-state index is -1.00. The van der Waals surface area contributed by atoms with E-state index in [0.717, 1.165) is 42.2 Å². The molecule has 0 saturated heterocycles. The lowest BCUT2D eigenvalue weighted by Gasteiger charge is -2.00. The van der Waals surface area contributed by atoms with E-state index < -0.39 is 5.97 Å². The molecule has 0 aliphatic carbocycles. The Morgan fingerprint density at radius 2 is 1.95 bits per heavy atom. The standard InChI is InChI=1S/C15H20O5/c1-10-11(2)13(8-9-14(16)17)20-12(10)6-4-5-7-15(18)19-3/h8-9H,4-7H2,1-3H3,(H,16,17)/b9-8+. The van der Waals surface area contributed by atoms with Crippen molar-refractivity contribution in [1.29, 1.82) is 0 Å². The third kappa shape index (κ3) is 4.57. The summed E-state index contributed by atoms with van der Waals surface area (Å²) in [5.41, 5.74) is 1.98. The summed E-state index contributed by atoms with van der Waals surface area (Å²) >= 11 is 0. The van der Waals surface area contributed by atoms with Gasteiger partial charge in [0.15, 0.2) is 0 Å². The van der Waals surface area contributed by atoms with Crippen molar-refractivity contribution in [2.24, 2.45) is 0 Å². The third-order valence-corrected chi connectivity index (χ3v) is 3.22. The molecular formula is C15H20O5. The quantitative estimate of drug-likeness (QED) is 0.472. The fourth-order valence-corrected chi connectivity index (χ4v) is 1.88. The SMILES string of the molecule is COC(=O)CCCCc1oc(/C=C/C(=O)O)c(C)c1C. The van der Waals surface area contributed by atoms with Gasteiger partial charge in [-0.05, 0) is 43.9 Å². The topological polar surface area (TPSA) is 76.7 Å². The van der Waals surface area contributed by atoms with Crippen LogP contribution in [0.5, 0.6) is 0 Å². The maximum absolute atomic E-state index is 11.0. The largest absolute Gasteiger partial charge is 0.478 e. The minimum absolute atomic E-state index is 0.206. The van der Waals surface area contributed by atoms with Crippen molar-refractivity contribution < 1.29 is 23.8 Å². The molecule has 0 bridgehead atoms. The van der Waals surface area contributed by atoms with Crippen LogP contribution < -0.4 is 0 Å². The highest BCUT2D eigenvalue weighted by Gasteiger charge is 2.12.